The molecule has 72 valence electrons. The molecule has 1 aromatic rings. The lowest BCUT2D eigenvalue weighted by Gasteiger charge is -1.97. The summed E-state index contributed by atoms with van der Waals surface area (Å²) >= 11 is 0. The van der Waals surface area contributed by atoms with E-state index in [4.69, 9.17) is 5.73 Å². The van der Waals surface area contributed by atoms with Gasteiger partial charge in [0.2, 0.25) is 0 Å². The Kier molecular flexibility index (Phi) is 3.71. The number of hydrogen-bond acceptors (Lipinski definition) is 2. The highest BCUT2D eigenvalue weighted by Gasteiger charge is 2.01. The van der Waals surface area contributed by atoms with Gasteiger partial charge in [-0.3, -0.25) is 4.68 Å². The van der Waals surface area contributed by atoms with Gasteiger partial charge in [-0.2, -0.15) is 5.10 Å². The zero-order valence-electron chi connectivity index (χ0n) is 8.16. The molecule has 3 nitrogen and oxygen atoms in total. The standard InChI is InChI=1S/C10H17N3/c1-3-4-5-6-13-8-10(7-11)9(2)12-13/h3,8H,1,4-7,11H2,2H3. The van der Waals surface area contributed by atoms with Gasteiger partial charge in [0.1, 0.15) is 0 Å². The van der Waals surface area contributed by atoms with Gasteiger partial charge in [-0.15, -0.1) is 6.58 Å². The van der Waals surface area contributed by atoms with Crippen LogP contribution in [0.2, 0.25) is 0 Å². The van der Waals surface area contributed by atoms with E-state index in [-0.39, 0.29) is 0 Å². The molecule has 0 aliphatic heterocycles. The highest BCUT2D eigenvalue weighted by molar-refractivity contribution is 5.14. The van der Waals surface area contributed by atoms with Crippen molar-refractivity contribution in [1.82, 2.24) is 9.78 Å². The Labute approximate surface area is 79.2 Å². The number of unbranched alkanes of at least 4 members (excludes halogenated alkanes) is 1. The molecule has 0 saturated heterocycles. The Morgan fingerprint density at radius 2 is 2.46 bits per heavy atom. The minimum Gasteiger partial charge on any atom is -0.326 e. The first-order valence-corrected chi connectivity index (χ1v) is 4.62. The minimum atomic E-state index is 0.577. The van der Waals surface area contributed by atoms with E-state index in [2.05, 4.69) is 11.7 Å². The molecular weight excluding hydrogens is 162 g/mol. The summed E-state index contributed by atoms with van der Waals surface area (Å²) in [4.78, 5) is 0. The smallest absolute Gasteiger partial charge is 0.0638 e. The molecule has 0 unspecified atom stereocenters. The van der Waals surface area contributed by atoms with Crippen LogP contribution in [-0.4, -0.2) is 9.78 Å². The predicted molar refractivity (Wildman–Crippen MR) is 54.3 cm³/mol. The molecule has 0 aliphatic rings. The fourth-order valence-corrected chi connectivity index (χ4v) is 1.27. The van der Waals surface area contributed by atoms with Crippen molar-refractivity contribution in [3.63, 3.8) is 0 Å². The van der Waals surface area contributed by atoms with E-state index in [0.29, 0.717) is 6.54 Å². The van der Waals surface area contributed by atoms with Gasteiger partial charge in [0.25, 0.3) is 0 Å². The summed E-state index contributed by atoms with van der Waals surface area (Å²) < 4.78 is 1.96. The number of aromatic nitrogens is 2. The molecule has 0 atom stereocenters. The molecule has 1 rings (SSSR count). The van der Waals surface area contributed by atoms with E-state index in [1.54, 1.807) is 0 Å². The van der Waals surface area contributed by atoms with E-state index in [9.17, 15) is 0 Å². The SMILES string of the molecule is C=CCCCn1cc(CN)c(C)n1. The third kappa shape index (κ3) is 2.70. The summed E-state index contributed by atoms with van der Waals surface area (Å²) in [5, 5.41) is 4.36. The van der Waals surface area contributed by atoms with Gasteiger partial charge in [-0.05, 0) is 19.8 Å². The van der Waals surface area contributed by atoms with Crippen LogP contribution in [-0.2, 0) is 13.1 Å². The van der Waals surface area contributed by atoms with E-state index >= 15 is 0 Å². The normalized spacial score (nSPS) is 10.3. The second-order valence-electron chi connectivity index (χ2n) is 3.14. The Morgan fingerprint density at radius 1 is 1.69 bits per heavy atom. The fraction of sp³-hybridized carbons (Fsp3) is 0.500. The number of rotatable bonds is 5. The lowest BCUT2D eigenvalue weighted by Crippen LogP contribution is -1.98. The number of allylic oxidation sites excluding steroid dienone is 1. The van der Waals surface area contributed by atoms with Gasteiger partial charge in [0.15, 0.2) is 0 Å². The predicted octanol–water partition coefficient (Wildman–Crippen LogP) is 1.62. The minimum absolute atomic E-state index is 0.577. The van der Waals surface area contributed by atoms with Gasteiger partial charge >= 0.3 is 0 Å². The maximum atomic E-state index is 5.55. The molecule has 0 aliphatic carbocycles. The van der Waals surface area contributed by atoms with Crippen molar-refractivity contribution in [2.45, 2.75) is 32.9 Å². The lowest BCUT2D eigenvalue weighted by atomic mass is 10.3. The first kappa shape index (κ1) is 9.99. The highest BCUT2D eigenvalue weighted by Crippen LogP contribution is 2.05. The molecule has 13 heavy (non-hydrogen) atoms. The van der Waals surface area contributed by atoms with Crippen LogP contribution in [0.1, 0.15) is 24.1 Å². The van der Waals surface area contributed by atoms with E-state index < -0.39 is 0 Å². The summed E-state index contributed by atoms with van der Waals surface area (Å²) in [5.74, 6) is 0. The molecule has 0 radical (unpaired) electrons. The Morgan fingerprint density at radius 3 is 3.00 bits per heavy atom. The molecule has 1 heterocycles. The van der Waals surface area contributed by atoms with Crippen molar-refractivity contribution in [2.75, 3.05) is 0 Å². The quantitative estimate of drug-likeness (QED) is 0.551. The first-order chi connectivity index (χ1) is 6.27. The number of hydrogen-bond donors (Lipinski definition) is 1. The van der Waals surface area contributed by atoms with Crippen molar-refractivity contribution in [3.05, 3.63) is 30.1 Å². The number of nitrogens with zero attached hydrogens (tertiary/aromatic N) is 2. The van der Waals surface area contributed by atoms with Gasteiger partial charge in [0, 0.05) is 24.8 Å². The number of aryl methyl sites for hydroxylation is 2. The number of nitrogens with two attached hydrogens (primary N) is 1. The van der Waals surface area contributed by atoms with Crippen molar-refractivity contribution < 1.29 is 0 Å². The summed E-state index contributed by atoms with van der Waals surface area (Å²) in [6.07, 6.45) is 6.09. The summed E-state index contributed by atoms with van der Waals surface area (Å²) in [5.41, 5.74) is 7.73. The molecule has 0 aromatic carbocycles. The molecule has 3 heteroatoms. The summed E-state index contributed by atoms with van der Waals surface area (Å²) in [6, 6.07) is 0. The monoisotopic (exact) mass is 179 g/mol. The maximum absolute atomic E-state index is 5.55. The van der Waals surface area contributed by atoms with Crippen LogP contribution in [0, 0.1) is 6.92 Å². The molecule has 0 bridgehead atoms. The molecule has 1 aromatic heterocycles. The largest absolute Gasteiger partial charge is 0.326 e. The van der Waals surface area contributed by atoms with Crippen LogP contribution in [0.15, 0.2) is 18.9 Å². The van der Waals surface area contributed by atoms with Crippen molar-refractivity contribution >= 4 is 0 Å². The molecule has 0 amide bonds. The van der Waals surface area contributed by atoms with Gasteiger partial charge < -0.3 is 5.73 Å². The van der Waals surface area contributed by atoms with Crippen LogP contribution < -0.4 is 5.73 Å². The molecule has 0 fully saturated rings. The molecule has 0 saturated carbocycles. The Hall–Kier alpha value is -1.09. The van der Waals surface area contributed by atoms with Gasteiger partial charge in [0.05, 0.1) is 5.69 Å². The Bertz CT molecular complexity index is 276. The van der Waals surface area contributed by atoms with Crippen molar-refractivity contribution in [2.24, 2.45) is 5.73 Å². The lowest BCUT2D eigenvalue weighted by molar-refractivity contribution is 0.580. The maximum Gasteiger partial charge on any atom is 0.0638 e. The van der Waals surface area contributed by atoms with Crippen LogP contribution in [0.3, 0.4) is 0 Å². The van der Waals surface area contributed by atoms with E-state index in [1.165, 1.54) is 0 Å². The molecule has 2 N–H and O–H groups in total. The second kappa shape index (κ2) is 4.82. The average molecular weight is 179 g/mol. The third-order valence-corrected chi connectivity index (χ3v) is 2.06. The Balaban J connectivity index is 2.52. The molecule has 0 spiro atoms. The van der Waals surface area contributed by atoms with Crippen LogP contribution in [0.5, 0.6) is 0 Å². The van der Waals surface area contributed by atoms with Crippen molar-refractivity contribution in [3.8, 4) is 0 Å². The van der Waals surface area contributed by atoms with Crippen molar-refractivity contribution in [1.29, 1.82) is 0 Å². The van der Waals surface area contributed by atoms with Gasteiger partial charge in [-0.25, -0.2) is 0 Å². The second-order valence-corrected chi connectivity index (χ2v) is 3.14. The third-order valence-electron chi connectivity index (χ3n) is 2.06. The first-order valence-electron chi connectivity index (χ1n) is 4.62. The van der Waals surface area contributed by atoms with Crippen LogP contribution in [0.25, 0.3) is 0 Å². The summed E-state index contributed by atoms with van der Waals surface area (Å²) in [7, 11) is 0. The molecular formula is C10H17N3. The zero-order valence-corrected chi connectivity index (χ0v) is 8.16. The van der Waals surface area contributed by atoms with Crippen LogP contribution in [0.4, 0.5) is 0 Å². The van der Waals surface area contributed by atoms with E-state index in [1.807, 2.05) is 23.9 Å². The average Bonchev–Trinajstić information content (AvgIpc) is 2.47. The topological polar surface area (TPSA) is 43.8 Å². The van der Waals surface area contributed by atoms with Gasteiger partial charge in [-0.1, -0.05) is 6.08 Å². The summed E-state index contributed by atoms with van der Waals surface area (Å²) in [6.45, 7) is 7.20. The highest BCUT2D eigenvalue weighted by atomic mass is 15.3. The van der Waals surface area contributed by atoms with E-state index in [0.717, 1.165) is 30.6 Å². The van der Waals surface area contributed by atoms with Crippen LogP contribution >= 0.6 is 0 Å². The zero-order chi connectivity index (χ0) is 9.68. The fourth-order valence-electron chi connectivity index (χ4n) is 1.27.